The first kappa shape index (κ1) is 16.0. The van der Waals surface area contributed by atoms with E-state index in [4.69, 9.17) is 5.11 Å². The van der Waals surface area contributed by atoms with Gasteiger partial charge in [-0.1, -0.05) is 6.42 Å². The Morgan fingerprint density at radius 2 is 2.05 bits per heavy atom. The minimum absolute atomic E-state index is 0.187. The van der Waals surface area contributed by atoms with Crippen molar-refractivity contribution >= 4 is 12.0 Å². The highest BCUT2D eigenvalue weighted by atomic mass is 16.4. The van der Waals surface area contributed by atoms with Crippen LogP contribution in [-0.4, -0.2) is 33.4 Å². The van der Waals surface area contributed by atoms with Gasteiger partial charge >= 0.3 is 12.0 Å². The van der Waals surface area contributed by atoms with E-state index in [1.807, 2.05) is 20.2 Å². The van der Waals surface area contributed by atoms with Crippen molar-refractivity contribution in [1.29, 1.82) is 0 Å². The molecule has 112 valence electrons. The number of nitrogens with one attached hydrogen (secondary N) is 2. The normalized spacial score (nSPS) is 10.3. The van der Waals surface area contributed by atoms with Crippen LogP contribution in [0.5, 0.6) is 0 Å². The number of amides is 2. The lowest BCUT2D eigenvalue weighted by Crippen LogP contribution is -2.35. The number of carboxylic acids is 1. The Morgan fingerprint density at radius 1 is 1.30 bits per heavy atom. The van der Waals surface area contributed by atoms with Gasteiger partial charge in [-0.15, -0.1) is 0 Å². The minimum atomic E-state index is -0.775. The van der Waals surface area contributed by atoms with Crippen molar-refractivity contribution in [1.82, 2.24) is 20.4 Å². The highest BCUT2D eigenvalue weighted by Crippen LogP contribution is 2.03. The number of urea groups is 1. The van der Waals surface area contributed by atoms with Gasteiger partial charge in [0.2, 0.25) is 0 Å². The number of nitrogens with zero attached hydrogens (tertiary/aromatic N) is 2. The second kappa shape index (κ2) is 8.19. The topological polar surface area (TPSA) is 96.3 Å². The first-order valence-corrected chi connectivity index (χ1v) is 6.71. The molecule has 0 aromatic carbocycles. The highest BCUT2D eigenvalue weighted by Gasteiger charge is 2.05. The zero-order chi connectivity index (χ0) is 15.0. The second-order valence-electron chi connectivity index (χ2n) is 4.73. The third kappa shape index (κ3) is 6.21. The van der Waals surface area contributed by atoms with Gasteiger partial charge in [0.25, 0.3) is 0 Å². The summed E-state index contributed by atoms with van der Waals surface area (Å²) >= 11 is 0. The van der Waals surface area contributed by atoms with Crippen molar-refractivity contribution in [2.45, 2.75) is 39.2 Å². The smallest absolute Gasteiger partial charge is 0.315 e. The lowest BCUT2D eigenvalue weighted by atomic mass is 10.2. The second-order valence-corrected chi connectivity index (χ2v) is 4.73. The number of hydrogen-bond acceptors (Lipinski definition) is 3. The van der Waals surface area contributed by atoms with Gasteiger partial charge in [-0.25, -0.2) is 4.79 Å². The molecule has 0 saturated heterocycles. The van der Waals surface area contributed by atoms with Crippen LogP contribution in [0.25, 0.3) is 0 Å². The maximum Gasteiger partial charge on any atom is 0.315 e. The van der Waals surface area contributed by atoms with Gasteiger partial charge in [0.1, 0.15) is 0 Å². The molecule has 0 fully saturated rings. The number of aryl methyl sites for hydroxylation is 2. The van der Waals surface area contributed by atoms with Crippen LogP contribution in [-0.2, 0) is 18.4 Å². The van der Waals surface area contributed by atoms with Gasteiger partial charge in [0.05, 0.1) is 5.69 Å². The molecule has 2 amide bonds. The molecular weight excluding hydrogens is 260 g/mol. The first-order valence-electron chi connectivity index (χ1n) is 6.71. The summed E-state index contributed by atoms with van der Waals surface area (Å²) in [4.78, 5) is 21.8. The van der Waals surface area contributed by atoms with Gasteiger partial charge in [0, 0.05) is 38.3 Å². The van der Waals surface area contributed by atoms with E-state index >= 15 is 0 Å². The van der Waals surface area contributed by atoms with Crippen molar-refractivity contribution in [2.75, 3.05) is 6.54 Å². The van der Waals surface area contributed by atoms with Crippen LogP contribution >= 0.6 is 0 Å². The van der Waals surface area contributed by atoms with Gasteiger partial charge in [-0.2, -0.15) is 5.10 Å². The molecule has 7 nitrogen and oxygen atoms in total. The lowest BCUT2D eigenvalue weighted by Gasteiger charge is -2.06. The van der Waals surface area contributed by atoms with Crippen LogP contribution in [0.15, 0.2) is 6.20 Å². The van der Waals surface area contributed by atoms with Crippen molar-refractivity contribution in [3.8, 4) is 0 Å². The number of rotatable bonds is 8. The van der Waals surface area contributed by atoms with Crippen LogP contribution in [0.4, 0.5) is 4.79 Å². The third-order valence-corrected chi connectivity index (χ3v) is 2.91. The number of hydrogen-bond donors (Lipinski definition) is 3. The van der Waals surface area contributed by atoms with Crippen molar-refractivity contribution in [3.05, 3.63) is 17.5 Å². The summed E-state index contributed by atoms with van der Waals surface area (Å²) in [5.41, 5.74) is 1.89. The van der Waals surface area contributed by atoms with Crippen LogP contribution in [0, 0.1) is 6.92 Å². The standard InChI is InChI=1S/C13H22N4O3/c1-10-11(9-17(2)16-10)8-15-13(20)14-7-5-3-4-6-12(18)19/h9H,3-8H2,1-2H3,(H,18,19)(H2,14,15,20). The van der Waals surface area contributed by atoms with E-state index in [0.29, 0.717) is 19.5 Å². The zero-order valence-electron chi connectivity index (χ0n) is 12.0. The molecule has 1 aromatic rings. The van der Waals surface area contributed by atoms with Crippen LogP contribution in [0.2, 0.25) is 0 Å². The van der Waals surface area contributed by atoms with Crippen molar-refractivity contribution in [3.63, 3.8) is 0 Å². The van der Waals surface area contributed by atoms with E-state index in [1.165, 1.54) is 0 Å². The van der Waals surface area contributed by atoms with E-state index in [0.717, 1.165) is 24.1 Å². The summed E-state index contributed by atoms with van der Waals surface area (Å²) < 4.78 is 1.71. The van der Waals surface area contributed by atoms with Gasteiger partial charge in [-0.05, 0) is 19.8 Å². The molecule has 1 aromatic heterocycles. The zero-order valence-corrected chi connectivity index (χ0v) is 12.0. The molecule has 0 saturated carbocycles. The van der Waals surface area contributed by atoms with E-state index in [-0.39, 0.29) is 12.5 Å². The molecule has 7 heteroatoms. The number of unbranched alkanes of at least 4 members (excludes halogenated alkanes) is 2. The maximum atomic E-state index is 11.5. The summed E-state index contributed by atoms with van der Waals surface area (Å²) in [6.45, 7) is 2.90. The largest absolute Gasteiger partial charge is 0.481 e. The maximum absolute atomic E-state index is 11.5. The Balaban J connectivity index is 2.09. The van der Waals surface area contributed by atoms with Crippen LogP contribution < -0.4 is 10.6 Å². The molecule has 0 radical (unpaired) electrons. The van der Waals surface area contributed by atoms with Crippen molar-refractivity contribution in [2.24, 2.45) is 7.05 Å². The Kier molecular flexibility index (Phi) is 6.55. The highest BCUT2D eigenvalue weighted by molar-refractivity contribution is 5.73. The molecule has 0 aliphatic carbocycles. The first-order chi connectivity index (χ1) is 9.49. The fourth-order valence-electron chi connectivity index (χ4n) is 1.84. The Bertz CT molecular complexity index is 456. The average molecular weight is 282 g/mol. The van der Waals surface area contributed by atoms with Gasteiger partial charge in [-0.3, -0.25) is 9.48 Å². The summed E-state index contributed by atoms with van der Waals surface area (Å²) in [6, 6.07) is -0.216. The van der Waals surface area contributed by atoms with Crippen LogP contribution in [0.1, 0.15) is 36.9 Å². The van der Waals surface area contributed by atoms with Crippen LogP contribution in [0.3, 0.4) is 0 Å². The Hall–Kier alpha value is -2.05. The fraction of sp³-hybridized carbons (Fsp3) is 0.615. The molecule has 0 aliphatic heterocycles. The molecular formula is C13H22N4O3. The number of carbonyl (C=O) groups is 2. The van der Waals surface area contributed by atoms with E-state index < -0.39 is 5.97 Å². The molecule has 3 N–H and O–H groups in total. The summed E-state index contributed by atoms with van der Waals surface area (Å²) in [6.07, 6.45) is 4.29. The number of aliphatic carboxylic acids is 1. The molecule has 0 bridgehead atoms. The number of carbonyl (C=O) groups excluding carboxylic acids is 1. The summed E-state index contributed by atoms with van der Waals surface area (Å²) in [7, 11) is 1.84. The third-order valence-electron chi connectivity index (χ3n) is 2.91. The van der Waals surface area contributed by atoms with Crippen molar-refractivity contribution < 1.29 is 14.7 Å². The molecule has 0 unspecified atom stereocenters. The predicted octanol–water partition coefficient (Wildman–Crippen LogP) is 1.17. The van der Waals surface area contributed by atoms with E-state index in [1.54, 1.807) is 4.68 Å². The molecule has 0 atom stereocenters. The summed E-state index contributed by atoms with van der Waals surface area (Å²) in [5.74, 6) is -0.775. The molecule has 1 rings (SSSR count). The fourth-order valence-corrected chi connectivity index (χ4v) is 1.84. The monoisotopic (exact) mass is 282 g/mol. The number of aromatic nitrogens is 2. The Morgan fingerprint density at radius 3 is 2.65 bits per heavy atom. The quantitative estimate of drug-likeness (QED) is 0.624. The molecule has 20 heavy (non-hydrogen) atoms. The summed E-state index contributed by atoms with van der Waals surface area (Å²) in [5, 5.41) is 18.2. The molecule has 0 aliphatic rings. The minimum Gasteiger partial charge on any atom is -0.481 e. The van der Waals surface area contributed by atoms with Gasteiger partial charge in [0.15, 0.2) is 0 Å². The van der Waals surface area contributed by atoms with E-state index in [9.17, 15) is 9.59 Å². The van der Waals surface area contributed by atoms with E-state index in [2.05, 4.69) is 15.7 Å². The molecule has 0 spiro atoms. The average Bonchev–Trinajstić information content (AvgIpc) is 2.69. The molecule has 1 heterocycles. The Labute approximate surface area is 118 Å². The predicted molar refractivity (Wildman–Crippen MR) is 74.3 cm³/mol. The number of carboxylic acid groups (broad SMARTS) is 1. The van der Waals surface area contributed by atoms with Gasteiger partial charge < -0.3 is 15.7 Å². The lowest BCUT2D eigenvalue weighted by molar-refractivity contribution is -0.137. The SMILES string of the molecule is Cc1nn(C)cc1CNC(=O)NCCCCCC(=O)O.